The molecule has 0 amide bonds. The number of nitrogens with zero attached hydrogens (tertiary/aromatic N) is 5. The summed E-state index contributed by atoms with van der Waals surface area (Å²) in [7, 11) is 2.20. The van der Waals surface area contributed by atoms with E-state index in [2.05, 4.69) is 43.8 Å². The molecular weight excluding hydrogens is 475 g/mol. The molecule has 1 aromatic carbocycles. The van der Waals surface area contributed by atoms with Crippen LogP contribution in [0.5, 0.6) is 0 Å². The molecule has 1 aromatic rings. The van der Waals surface area contributed by atoms with E-state index in [1.54, 1.807) is 0 Å². The van der Waals surface area contributed by atoms with Gasteiger partial charge in [0.25, 0.3) is 0 Å². The molecule has 0 aliphatic carbocycles. The first kappa shape index (κ1) is 22.5. The Hall–Kier alpha value is -0.770. The maximum absolute atomic E-state index is 6.23. The first-order chi connectivity index (χ1) is 12.6. The molecule has 2 fully saturated rings. The maximum Gasteiger partial charge on any atom is 0.191 e. The molecule has 6 nitrogen and oxygen atoms in total. The number of hydrogen-bond acceptors (Lipinski definition) is 4. The average Bonchev–Trinajstić information content (AvgIpc) is 2.87. The van der Waals surface area contributed by atoms with Crippen LogP contribution >= 0.6 is 35.6 Å². The third-order valence-electron chi connectivity index (χ3n) is 5.30. The Kier molecular flexibility index (Phi) is 9.41. The zero-order valence-corrected chi connectivity index (χ0v) is 19.3. The third-order valence-corrected chi connectivity index (χ3v) is 5.55. The van der Waals surface area contributed by atoms with Crippen molar-refractivity contribution in [2.45, 2.75) is 6.42 Å². The summed E-state index contributed by atoms with van der Waals surface area (Å²) in [5, 5.41) is 0.778. The molecule has 27 heavy (non-hydrogen) atoms. The van der Waals surface area contributed by atoms with Crippen molar-refractivity contribution in [1.29, 1.82) is 0 Å². The van der Waals surface area contributed by atoms with Crippen LogP contribution in [0.15, 0.2) is 29.3 Å². The van der Waals surface area contributed by atoms with Crippen molar-refractivity contribution >= 4 is 47.2 Å². The molecule has 0 unspecified atom stereocenters. The van der Waals surface area contributed by atoms with Gasteiger partial charge in [0.05, 0.1) is 6.54 Å². The second-order valence-corrected chi connectivity index (χ2v) is 7.63. The van der Waals surface area contributed by atoms with Gasteiger partial charge in [0.1, 0.15) is 0 Å². The van der Waals surface area contributed by atoms with E-state index in [4.69, 9.17) is 17.3 Å². The van der Waals surface area contributed by atoms with Gasteiger partial charge in [0.2, 0.25) is 0 Å². The van der Waals surface area contributed by atoms with Crippen LogP contribution in [0.4, 0.5) is 5.69 Å². The van der Waals surface area contributed by atoms with E-state index in [1.807, 2.05) is 12.1 Å². The molecule has 3 rings (SSSR count). The molecule has 0 aromatic heterocycles. The van der Waals surface area contributed by atoms with Crippen molar-refractivity contribution in [1.82, 2.24) is 14.7 Å². The van der Waals surface area contributed by atoms with E-state index >= 15 is 0 Å². The van der Waals surface area contributed by atoms with Crippen molar-refractivity contribution < 1.29 is 0 Å². The number of guanidine groups is 1. The fourth-order valence-electron chi connectivity index (χ4n) is 3.58. The van der Waals surface area contributed by atoms with Gasteiger partial charge in [-0.2, -0.15) is 0 Å². The number of anilines is 1. The van der Waals surface area contributed by atoms with Crippen LogP contribution in [0.3, 0.4) is 0 Å². The lowest BCUT2D eigenvalue weighted by Gasteiger charge is -2.36. The number of aliphatic imine (C=N–C) groups is 1. The molecule has 2 aliphatic rings. The predicted octanol–water partition coefficient (Wildman–Crippen LogP) is 2.03. The highest BCUT2D eigenvalue weighted by Crippen LogP contribution is 2.19. The molecule has 2 saturated heterocycles. The van der Waals surface area contributed by atoms with Crippen LogP contribution in [0.2, 0.25) is 5.02 Å². The number of nitrogens with two attached hydrogens (primary N) is 1. The zero-order chi connectivity index (χ0) is 18.4. The number of piperazine rings is 1. The summed E-state index contributed by atoms with van der Waals surface area (Å²) in [6.07, 6.45) is 1.24. The Morgan fingerprint density at radius 2 is 1.70 bits per heavy atom. The summed E-state index contributed by atoms with van der Waals surface area (Å²) in [6, 6.07) is 8.04. The van der Waals surface area contributed by atoms with Crippen molar-refractivity contribution in [3.05, 3.63) is 29.3 Å². The minimum Gasteiger partial charge on any atom is -0.370 e. The van der Waals surface area contributed by atoms with Crippen LogP contribution in [-0.2, 0) is 0 Å². The summed E-state index contributed by atoms with van der Waals surface area (Å²) in [5.41, 5.74) is 7.45. The van der Waals surface area contributed by atoms with Gasteiger partial charge in [-0.1, -0.05) is 11.6 Å². The van der Waals surface area contributed by atoms with Crippen molar-refractivity contribution in [3.63, 3.8) is 0 Å². The molecule has 2 heterocycles. The number of rotatable bonds is 4. The molecule has 0 spiro atoms. The largest absolute Gasteiger partial charge is 0.370 e. The fraction of sp³-hybridized carbons (Fsp3) is 0.632. The molecule has 2 aliphatic heterocycles. The van der Waals surface area contributed by atoms with Gasteiger partial charge in [-0.05, 0) is 50.8 Å². The van der Waals surface area contributed by atoms with E-state index in [9.17, 15) is 0 Å². The lowest BCUT2D eigenvalue weighted by Crippen LogP contribution is -2.51. The number of benzene rings is 1. The Morgan fingerprint density at radius 3 is 2.41 bits per heavy atom. The molecule has 152 valence electrons. The van der Waals surface area contributed by atoms with Gasteiger partial charge in [0.15, 0.2) is 5.96 Å². The number of halogens is 2. The summed E-state index contributed by atoms with van der Waals surface area (Å²) in [5.74, 6) is 0.688. The van der Waals surface area contributed by atoms with E-state index < -0.39 is 0 Å². The highest BCUT2D eigenvalue weighted by Gasteiger charge is 2.18. The van der Waals surface area contributed by atoms with Crippen molar-refractivity contribution in [3.8, 4) is 0 Å². The smallest absolute Gasteiger partial charge is 0.191 e. The van der Waals surface area contributed by atoms with Crippen LogP contribution in [0, 0.1) is 0 Å². The monoisotopic (exact) mass is 506 g/mol. The molecule has 0 saturated carbocycles. The van der Waals surface area contributed by atoms with Gasteiger partial charge >= 0.3 is 0 Å². The van der Waals surface area contributed by atoms with Gasteiger partial charge < -0.3 is 25.3 Å². The van der Waals surface area contributed by atoms with Gasteiger partial charge in [-0.25, -0.2) is 0 Å². The predicted molar refractivity (Wildman–Crippen MR) is 126 cm³/mol. The molecule has 2 N–H and O–H groups in total. The Balaban J connectivity index is 0.00000261. The first-order valence-electron chi connectivity index (χ1n) is 9.58. The Morgan fingerprint density at radius 1 is 1.00 bits per heavy atom. The summed E-state index contributed by atoms with van der Waals surface area (Å²) in [6.45, 7) is 10.1. The van der Waals surface area contributed by atoms with Crippen LogP contribution in [0.1, 0.15) is 6.42 Å². The van der Waals surface area contributed by atoms with E-state index in [0.717, 1.165) is 57.4 Å². The minimum atomic E-state index is 0. The second kappa shape index (κ2) is 11.3. The van der Waals surface area contributed by atoms with Crippen molar-refractivity contribution in [2.24, 2.45) is 10.7 Å². The van der Waals surface area contributed by atoms with Crippen LogP contribution in [0.25, 0.3) is 0 Å². The highest BCUT2D eigenvalue weighted by atomic mass is 127. The molecule has 0 radical (unpaired) electrons. The van der Waals surface area contributed by atoms with Gasteiger partial charge in [-0.15, -0.1) is 24.0 Å². The highest BCUT2D eigenvalue weighted by molar-refractivity contribution is 14.0. The van der Waals surface area contributed by atoms with E-state index in [1.165, 1.54) is 25.2 Å². The quantitative estimate of drug-likeness (QED) is 0.385. The summed E-state index contributed by atoms with van der Waals surface area (Å²) in [4.78, 5) is 14.1. The van der Waals surface area contributed by atoms with E-state index in [0.29, 0.717) is 5.96 Å². The lowest BCUT2D eigenvalue weighted by molar-refractivity contribution is 0.282. The summed E-state index contributed by atoms with van der Waals surface area (Å²) >= 11 is 5.97. The zero-order valence-electron chi connectivity index (χ0n) is 16.2. The average molecular weight is 507 g/mol. The molecule has 0 bridgehead atoms. The Bertz CT molecular complexity index is 588. The first-order valence-corrected chi connectivity index (χ1v) is 9.96. The van der Waals surface area contributed by atoms with Crippen molar-refractivity contribution in [2.75, 3.05) is 77.4 Å². The standard InChI is InChI=1S/C19H31ClN6.HI/c1-23-8-2-9-24(12-11-23)10-7-22-19(21)26-15-13-25(14-16-26)18-5-3-17(20)4-6-18;/h3-6H,2,7-16H2,1H3,(H2,21,22);1H. The van der Waals surface area contributed by atoms with Gasteiger partial charge in [-0.3, -0.25) is 4.99 Å². The fourth-order valence-corrected chi connectivity index (χ4v) is 3.70. The number of hydrogen-bond donors (Lipinski definition) is 1. The molecule has 8 heteroatoms. The van der Waals surface area contributed by atoms with Crippen LogP contribution < -0.4 is 10.6 Å². The summed E-state index contributed by atoms with van der Waals surface area (Å²) < 4.78 is 0. The maximum atomic E-state index is 6.23. The third kappa shape index (κ3) is 6.96. The normalized spacial score (nSPS) is 20.3. The SMILES string of the molecule is CN1CCCN(CCN=C(N)N2CCN(c3ccc(Cl)cc3)CC2)CC1.I. The van der Waals surface area contributed by atoms with Crippen LogP contribution in [-0.4, -0.2) is 93.2 Å². The topological polar surface area (TPSA) is 51.3 Å². The lowest BCUT2D eigenvalue weighted by atomic mass is 10.2. The Labute approximate surface area is 185 Å². The number of likely N-dealkylation sites (N-methyl/N-ethyl adjacent to an activating group) is 1. The molecular formula is C19H32ClIN6. The molecule has 0 atom stereocenters. The van der Waals surface area contributed by atoms with E-state index in [-0.39, 0.29) is 24.0 Å². The second-order valence-electron chi connectivity index (χ2n) is 7.19. The minimum absolute atomic E-state index is 0. The van der Waals surface area contributed by atoms with Gasteiger partial charge in [0, 0.05) is 56.5 Å².